The molecule has 19 heavy (non-hydrogen) atoms. The molecular formula is C14H19N3OS. The lowest BCUT2D eigenvalue weighted by Gasteiger charge is -2.05. The zero-order valence-electron chi connectivity index (χ0n) is 11.3. The van der Waals surface area contributed by atoms with Gasteiger partial charge in [-0.15, -0.1) is 11.8 Å². The van der Waals surface area contributed by atoms with Gasteiger partial charge in [-0.3, -0.25) is 0 Å². The van der Waals surface area contributed by atoms with E-state index in [9.17, 15) is 0 Å². The number of nitrogens with zero attached hydrogens (tertiary/aromatic N) is 2. The molecule has 0 fully saturated rings. The quantitative estimate of drug-likeness (QED) is 0.622. The Balaban J connectivity index is 1.87. The monoisotopic (exact) mass is 277 g/mol. The molecule has 0 radical (unpaired) electrons. The van der Waals surface area contributed by atoms with Crippen LogP contribution in [-0.2, 0) is 12.3 Å². The minimum Gasteiger partial charge on any atom is -0.340 e. The van der Waals surface area contributed by atoms with Crippen LogP contribution in [0, 0.1) is 6.92 Å². The predicted molar refractivity (Wildman–Crippen MR) is 77.0 cm³/mol. The van der Waals surface area contributed by atoms with Crippen molar-refractivity contribution in [2.24, 2.45) is 0 Å². The molecule has 0 saturated heterocycles. The van der Waals surface area contributed by atoms with Gasteiger partial charge in [-0.2, -0.15) is 4.98 Å². The van der Waals surface area contributed by atoms with E-state index in [1.165, 1.54) is 10.5 Å². The normalized spacial score (nSPS) is 10.8. The molecule has 1 heterocycles. The maximum Gasteiger partial charge on any atom is 0.223 e. The second-order valence-corrected chi connectivity index (χ2v) is 5.39. The third-order valence-electron chi connectivity index (χ3n) is 2.59. The first-order valence-electron chi connectivity index (χ1n) is 6.49. The third kappa shape index (κ3) is 4.69. The van der Waals surface area contributed by atoms with Crippen molar-refractivity contribution in [2.45, 2.75) is 37.5 Å². The van der Waals surface area contributed by atoms with Crippen molar-refractivity contribution in [3.05, 3.63) is 41.5 Å². The maximum atomic E-state index is 4.96. The number of aryl methyl sites for hydroxylation is 1. The Bertz CT molecular complexity index is 513. The molecular weight excluding hydrogens is 258 g/mol. The van der Waals surface area contributed by atoms with Crippen LogP contribution < -0.4 is 5.32 Å². The molecule has 0 aliphatic carbocycles. The van der Waals surface area contributed by atoms with Gasteiger partial charge in [0.05, 0.1) is 5.75 Å². The molecule has 0 amide bonds. The molecule has 4 nitrogen and oxygen atoms in total. The SMILES string of the molecule is CCCNCc1cccc(SCc2noc(C)n2)c1. The smallest absolute Gasteiger partial charge is 0.223 e. The van der Waals surface area contributed by atoms with Crippen LogP contribution in [0.1, 0.15) is 30.6 Å². The molecule has 0 bridgehead atoms. The minimum atomic E-state index is 0.619. The van der Waals surface area contributed by atoms with Crippen LogP contribution in [0.25, 0.3) is 0 Å². The fourth-order valence-electron chi connectivity index (χ4n) is 1.70. The Kier molecular flexibility index (Phi) is 5.42. The van der Waals surface area contributed by atoms with E-state index in [4.69, 9.17) is 4.52 Å². The Hall–Kier alpha value is -1.33. The lowest BCUT2D eigenvalue weighted by atomic mass is 10.2. The first kappa shape index (κ1) is 14.1. The first-order chi connectivity index (χ1) is 9.28. The van der Waals surface area contributed by atoms with Crippen LogP contribution in [0.2, 0.25) is 0 Å². The number of hydrogen-bond donors (Lipinski definition) is 1. The van der Waals surface area contributed by atoms with E-state index in [0.717, 1.165) is 31.1 Å². The average Bonchev–Trinajstić information content (AvgIpc) is 2.83. The van der Waals surface area contributed by atoms with E-state index >= 15 is 0 Å². The summed E-state index contributed by atoms with van der Waals surface area (Å²) in [5, 5.41) is 7.30. The zero-order chi connectivity index (χ0) is 13.5. The molecule has 1 N–H and O–H groups in total. The number of aromatic nitrogens is 2. The van der Waals surface area contributed by atoms with Crippen LogP contribution in [-0.4, -0.2) is 16.7 Å². The van der Waals surface area contributed by atoms with Gasteiger partial charge in [-0.25, -0.2) is 0 Å². The van der Waals surface area contributed by atoms with Crippen LogP contribution in [0.3, 0.4) is 0 Å². The number of rotatable bonds is 7. The van der Waals surface area contributed by atoms with Gasteiger partial charge in [0.1, 0.15) is 0 Å². The zero-order valence-corrected chi connectivity index (χ0v) is 12.2. The summed E-state index contributed by atoms with van der Waals surface area (Å²) in [5.74, 6) is 2.11. The van der Waals surface area contributed by atoms with Gasteiger partial charge in [-0.1, -0.05) is 24.2 Å². The van der Waals surface area contributed by atoms with Crippen molar-refractivity contribution >= 4 is 11.8 Å². The molecule has 2 aromatic rings. The number of nitrogens with one attached hydrogen (secondary N) is 1. The van der Waals surface area contributed by atoms with Crippen molar-refractivity contribution in [3.63, 3.8) is 0 Å². The summed E-state index contributed by atoms with van der Waals surface area (Å²) in [6.07, 6.45) is 1.16. The van der Waals surface area contributed by atoms with Crippen molar-refractivity contribution < 1.29 is 4.52 Å². The van der Waals surface area contributed by atoms with E-state index in [0.29, 0.717) is 5.89 Å². The van der Waals surface area contributed by atoms with Crippen molar-refractivity contribution in [1.82, 2.24) is 15.5 Å². The molecule has 2 rings (SSSR count). The average molecular weight is 277 g/mol. The molecule has 0 saturated carbocycles. The van der Waals surface area contributed by atoms with Crippen molar-refractivity contribution in [3.8, 4) is 0 Å². The fraction of sp³-hybridized carbons (Fsp3) is 0.429. The summed E-state index contributed by atoms with van der Waals surface area (Å²) < 4.78 is 4.96. The Morgan fingerprint density at radius 1 is 1.37 bits per heavy atom. The Labute approximate surface area is 118 Å². The van der Waals surface area contributed by atoms with E-state index in [1.807, 2.05) is 0 Å². The lowest BCUT2D eigenvalue weighted by Crippen LogP contribution is -2.13. The molecule has 1 aromatic carbocycles. The molecule has 0 spiro atoms. The molecule has 1 aromatic heterocycles. The van der Waals surface area contributed by atoms with E-state index in [-0.39, 0.29) is 0 Å². The molecule has 0 aliphatic rings. The Morgan fingerprint density at radius 2 is 2.26 bits per heavy atom. The highest BCUT2D eigenvalue weighted by Gasteiger charge is 2.03. The van der Waals surface area contributed by atoms with Crippen LogP contribution in [0.5, 0.6) is 0 Å². The van der Waals surface area contributed by atoms with E-state index < -0.39 is 0 Å². The largest absolute Gasteiger partial charge is 0.340 e. The van der Waals surface area contributed by atoms with Gasteiger partial charge in [-0.05, 0) is 30.7 Å². The highest BCUT2D eigenvalue weighted by atomic mass is 32.2. The van der Waals surface area contributed by atoms with Crippen LogP contribution >= 0.6 is 11.8 Å². The number of hydrogen-bond acceptors (Lipinski definition) is 5. The Morgan fingerprint density at radius 3 is 3.00 bits per heavy atom. The highest BCUT2D eigenvalue weighted by molar-refractivity contribution is 7.98. The minimum absolute atomic E-state index is 0.619. The third-order valence-corrected chi connectivity index (χ3v) is 3.58. The summed E-state index contributed by atoms with van der Waals surface area (Å²) in [5.41, 5.74) is 1.31. The van der Waals surface area contributed by atoms with Crippen LogP contribution in [0.15, 0.2) is 33.7 Å². The second-order valence-electron chi connectivity index (χ2n) is 4.34. The number of thioether (sulfide) groups is 1. The molecule has 0 aliphatic heterocycles. The van der Waals surface area contributed by atoms with Gasteiger partial charge < -0.3 is 9.84 Å². The standard InChI is InChI=1S/C14H19N3OS/c1-3-7-15-9-12-5-4-6-13(8-12)19-10-14-16-11(2)18-17-14/h4-6,8,15H,3,7,9-10H2,1-2H3. The molecule has 102 valence electrons. The second kappa shape index (κ2) is 7.31. The summed E-state index contributed by atoms with van der Waals surface area (Å²) in [6.45, 7) is 5.95. The summed E-state index contributed by atoms with van der Waals surface area (Å²) >= 11 is 1.73. The fourth-order valence-corrected chi connectivity index (χ4v) is 2.53. The molecule has 0 atom stereocenters. The maximum absolute atomic E-state index is 4.96. The van der Waals surface area contributed by atoms with Gasteiger partial charge >= 0.3 is 0 Å². The van der Waals surface area contributed by atoms with Crippen molar-refractivity contribution in [2.75, 3.05) is 6.54 Å². The van der Waals surface area contributed by atoms with E-state index in [2.05, 4.69) is 46.6 Å². The van der Waals surface area contributed by atoms with Gasteiger partial charge in [0.2, 0.25) is 5.89 Å². The van der Waals surface area contributed by atoms with Gasteiger partial charge in [0.25, 0.3) is 0 Å². The lowest BCUT2D eigenvalue weighted by molar-refractivity contribution is 0.389. The summed E-state index contributed by atoms with van der Waals surface area (Å²) in [4.78, 5) is 5.43. The molecule has 0 unspecified atom stereocenters. The first-order valence-corrected chi connectivity index (χ1v) is 7.48. The molecule has 5 heteroatoms. The van der Waals surface area contributed by atoms with Gasteiger partial charge in [0.15, 0.2) is 5.82 Å². The predicted octanol–water partition coefficient (Wildman–Crippen LogP) is 3.17. The topological polar surface area (TPSA) is 51.0 Å². The highest BCUT2D eigenvalue weighted by Crippen LogP contribution is 2.22. The van der Waals surface area contributed by atoms with Crippen LogP contribution in [0.4, 0.5) is 0 Å². The summed E-state index contributed by atoms with van der Waals surface area (Å²) in [7, 11) is 0. The van der Waals surface area contributed by atoms with E-state index in [1.54, 1.807) is 18.7 Å². The summed E-state index contributed by atoms with van der Waals surface area (Å²) in [6, 6.07) is 8.55. The van der Waals surface area contributed by atoms with Gasteiger partial charge in [0, 0.05) is 18.4 Å². The van der Waals surface area contributed by atoms with Crippen molar-refractivity contribution in [1.29, 1.82) is 0 Å². The number of benzene rings is 1.